The van der Waals surface area contributed by atoms with Gasteiger partial charge in [-0.1, -0.05) is 13.8 Å². The summed E-state index contributed by atoms with van der Waals surface area (Å²) in [4.78, 5) is 15.0. The first kappa shape index (κ1) is 14.5. The summed E-state index contributed by atoms with van der Waals surface area (Å²) >= 11 is 1.65. The van der Waals surface area contributed by atoms with Crippen molar-refractivity contribution in [3.63, 3.8) is 0 Å². The van der Waals surface area contributed by atoms with Crippen LogP contribution in [0.15, 0.2) is 16.8 Å². The van der Waals surface area contributed by atoms with Gasteiger partial charge in [0, 0.05) is 13.1 Å². The topological polar surface area (TPSA) is 46.3 Å². The standard InChI is InChI=1S/C15H24N2OS/c1-5-17(6-2)13(18)15(11-7-8-19-10-11)12(9-16)14(15,3)4/h7-8,10,12H,5-6,9,16H2,1-4H3/t12?,15-/m1/s1. The summed E-state index contributed by atoms with van der Waals surface area (Å²) in [5.41, 5.74) is 6.63. The van der Waals surface area contributed by atoms with Gasteiger partial charge >= 0.3 is 0 Å². The Morgan fingerprint density at radius 2 is 2.05 bits per heavy atom. The Bertz CT molecular complexity index is 451. The zero-order chi connectivity index (χ0) is 14.3. The average molecular weight is 280 g/mol. The van der Waals surface area contributed by atoms with Crippen LogP contribution in [0.4, 0.5) is 0 Å². The first-order chi connectivity index (χ1) is 8.98. The van der Waals surface area contributed by atoms with Gasteiger partial charge < -0.3 is 10.6 Å². The molecule has 1 unspecified atom stereocenters. The number of carbonyl (C=O) groups excluding carboxylic acids is 1. The summed E-state index contributed by atoms with van der Waals surface area (Å²) in [6, 6.07) is 2.09. The summed E-state index contributed by atoms with van der Waals surface area (Å²) in [5, 5.41) is 4.16. The minimum atomic E-state index is -0.409. The second-order valence-corrected chi connectivity index (χ2v) is 6.59. The number of carbonyl (C=O) groups is 1. The Balaban J connectivity index is 2.47. The molecular formula is C15H24N2OS. The molecule has 1 aromatic heterocycles. The third-order valence-electron chi connectivity index (χ3n) is 4.93. The summed E-state index contributed by atoms with van der Waals surface area (Å²) in [6.45, 7) is 10.5. The van der Waals surface area contributed by atoms with Crippen LogP contribution in [-0.4, -0.2) is 30.4 Å². The van der Waals surface area contributed by atoms with E-state index in [-0.39, 0.29) is 17.2 Å². The van der Waals surface area contributed by atoms with Crippen LogP contribution in [0, 0.1) is 11.3 Å². The Hall–Kier alpha value is -0.870. The monoisotopic (exact) mass is 280 g/mol. The van der Waals surface area contributed by atoms with E-state index in [1.807, 2.05) is 18.7 Å². The van der Waals surface area contributed by atoms with Crippen molar-refractivity contribution in [2.75, 3.05) is 19.6 Å². The lowest BCUT2D eigenvalue weighted by molar-refractivity contribution is -0.134. The quantitative estimate of drug-likeness (QED) is 0.900. The Labute approximate surface area is 119 Å². The zero-order valence-electron chi connectivity index (χ0n) is 12.3. The molecule has 106 valence electrons. The predicted octanol–water partition coefficient (Wildman–Crippen LogP) is 2.47. The second-order valence-electron chi connectivity index (χ2n) is 5.81. The number of hydrogen-bond donors (Lipinski definition) is 1. The van der Waals surface area contributed by atoms with E-state index in [9.17, 15) is 4.79 Å². The molecule has 1 saturated carbocycles. The molecule has 0 spiro atoms. The van der Waals surface area contributed by atoms with E-state index in [0.29, 0.717) is 6.54 Å². The van der Waals surface area contributed by atoms with Crippen LogP contribution in [-0.2, 0) is 10.2 Å². The molecule has 2 N–H and O–H groups in total. The fourth-order valence-electron chi connectivity index (χ4n) is 3.71. The van der Waals surface area contributed by atoms with Crippen molar-refractivity contribution >= 4 is 17.2 Å². The minimum Gasteiger partial charge on any atom is -0.342 e. The SMILES string of the molecule is CCN(CC)C(=O)[C@@]1(c2ccsc2)C(CN)C1(C)C. The third-order valence-corrected chi connectivity index (χ3v) is 5.61. The van der Waals surface area contributed by atoms with Crippen molar-refractivity contribution in [3.05, 3.63) is 22.4 Å². The smallest absolute Gasteiger partial charge is 0.234 e. The molecule has 1 fully saturated rings. The predicted molar refractivity (Wildman–Crippen MR) is 80.3 cm³/mol. The molecule has 0 aromatic carbocycles. The molecule has 4 heteroatoms. The second kappa shape index (κ2) is 4.91. The molecule has 0 saturated heterocycles. The van der Waals surface area contributed by atoms with Crippen LogP contribution in [0.2, 0.25) is 0 Å². The van der Waals surface area contributed by atoms with Crippen molar-refractivity contribution in [1.29, 1.82) is 0 Å². The van der Waals surface area contributed by atoms with Gasteiger partial charge in [-0.25, -0.2) is 0 Å². The molecule has 1 aromatic rings. The van der Waals surface area contributed by atoms with Gasteiger partial charge in [0.1, 0.15) is 0 Å². The molecule has 1 aliphatic rings. The third kappa shape index (κ3) is 1.77. The Kier molecular flexibility index (Phi) is 3.76. The van der Waals surface area contributed by atoms with E-state index in [0.717, 1.165) is 18.7 Å². The number of amides is 1. The van der Waals surface area contributed by atoms with Crippen LogP contribution in [0.1, 0.15) is 33.3 Å². The van der Waals surface area contributed by atoms with Crippen LogP contribution in [0.25, 0.3) is 0 Å². The lowest BCUT2D eigenvalue weighted by Crippen LogP contribution is -2.42. The summed E-state index contributed by atoms with van der Waals surface area (Å²) in [6.07, 6.45) is 0. The lowest BCUT2D eigenvalue weighted by atomic mass is 9.88. The van der Waals surface area contributed by atoms with E-state index in [4.69, 9.17) is 5.73 Å². The maximum atomic E-state index is 13.0. The van der Waals surface area contributed by atoms with Crippen molar-refractivity contribution in [2.24, 2.45) is 17.1 Å². The molecular weight excluding hydrogens is 256 g/mol. The van der Waals surface area contributed by atoms with Gasteiger partial charge in [-0.15, -0.1) is 0 Å². The van der Waals surface area contributed by atoms with Gasteiger partial charge in [0.2, 0.25) is 5.91 Å². The zero-order valence-corrected chi connectivity index (χ0v) is 13.1. The van der Waals surface area contributed by atoms with Gasteiger partial charge in [-0.2, -0.15) is 11.3 Å². The van der Waals surface area contributed by atoms with E-state index >= 15 is 0 Å². The molecule has 1 aliphatic carbocycles. The fourth-order valence-corrected chi connectivity index (χ4v) is 4.43. The van der Waals surface area contributed by atoms with Crippen molar-refractivity contribution < 1.29 is 4.79 Å². The molecule has 0 radical (unpaired) electrons. The molecule has 0 bridgehead atoms. The molecule has 1 amide bonds. The number of nitrogens with zero attached hydrogens (tertiary/aromatic N) is 1. The number of likely N-dealkylation sites (N-methyl/N-ethyl adjacent to an activating group) is 1. The molecule has 0 aliphatic heterocycles. The van der Waals surface area contributed by atoms with E-state index < -0.39 is 5.41 Å². The van der Waals surface area contributed by atoms with Gasteiger partial charge in [-0.05, 0) is 54.1 Å². The largest absolute Gasteiger partial charge is 0.342 e. The minimum absolute atomic E-state index is 0.0531. The Morgan fingerprint density at radius 1 is 1.42 bits per heavy atom. The van der Waals surface area contributed by atoms with Crippen LogP contribution in [0.3, 0.4) is 0 Å². The number of rotatable bonds is 5. The summed E-state index contributed by atoms with van der Waals surface area (Å²) in [7, 11) is 0. The van der Waals surface area contributed by atoms with E-state index in [1.54, 1.807) is 11.3 Å². The lowest BCUT2D eigenvalue weighted by Gasteiger charge is -2.27. The maximum Gasteiger partial charge on any atom is 0.234 e. The molecule has 2 rings (SSSR count). The van der Waals surface area contributed by atoms with Gasteiger partial charge in [0.25, 0.3) is 0 Å². The van der Waals surface area contributed by atoms with Gasteiger partial charge in [0.05, 0.1) is 5.41 Å². The molecule has 19 heavy (non-hydrogen) atoms. The number of thiophene rings is 1. The molecule has 3 nitrogen and oxygen atoms in total. The highest BCUT2D eigenvalue weighted by atomic mass is 32.1. The molecule has 2 atom stereocenters. The highest BCUT2D eigenvalue weighted by Gasteiger charge is 2.75. The Morgan fingerprint density at radius 3 is 2.42 bits per heavy atom. The van der Waals surface area contributed by atoms with E-state index in [1.165, 1.54) is 0 Å². The van der Waals surface area contributed by atoms with Crippen molar-refractivity contribution in [3.8, 4) is 0 Å². The maximum absolute atomic E-state index is 13.0. The normalized spacial score (nSPS) is 28.2. The first-order valence-electron chi connectivity index (χ1n) is 7.00. The van der Waals surface area contributed by atoms with Gasteiger partial charge in [0.15, 0.2) is 0 Å². The highest BCUT2D eigenvalue weighted by molar-refractivity contribution is 7.08. The van der Waals surface area contributed by atoms with E-state index in [2.05, 4.69) is 30.7 Å². The van der Waals surface area contributed by atoms with Crippen LogP contribution >= 0.6 is 11.3 Å². The van der Waals surface area contributed by atoms with Crippen LogP contribution in [0.5, 0.6) is 0 Å². The van der Waals surface area contributed by atoms with Crippen molar-refractivity contribution in [2.45, 2.75) is 33.1 Å². The van der Waals surface area contributed by atoms with Crippen LogP contribution < -0.4 is 5.73 Å². The summed E-state index contributed by atoms with van der Waals surface area (Å²) in [5.74, 6) is 0.485. The molecule has 1 heterocycles. The summed E-state index contributed by atoms with van der Waals surface area (Å²) < 4.78 is 0. The number of nitrogens with two attached hydrogens (primary N) is 1. The highest BCUT2D eigenvalue weighted by Crippen LogP contribution is 2.69. The average Bonchev–Trinajstić information content (AvgIpc) is 2.75. The fraction of sp³-hybridized carbons (Fsp3) is 0.667. The first-order valence-corrected chi connectivity index (χ1v) is 7.94. The number of hydrogen-bond acceptors (Lipinski definition) is 3. The van der Waals surface area contributed by atoms with Crippen molar-refractivity contribution in [1.82, 2.24) is 4.90 Å². The van der Waals surface area contributed by atoms with Gasteiger partial charge in [-0.3, -0.25) is 4.79 Å².